The van der Waals surface area contributed by atoms with Gasteiger partial charge in [-0.2, -0.15) is 0 Å². The Labute approximate surface area is 166 Å². The minimum absolute atomic E-state index is 0.0281. The summed E-state index contributed by atoms with van der Waals surface area (Å²) in [6.45, 7) is 8.36. The van der Waals surface area contributed by atoms with Crippen LogP contribution in [0.1, 0.15) is 40.6 Å². The molecular formula is C21H30N6O. The molecule has 7 nitrogen and oxygen atoms in total. The lowest BCUT2D eigenvalue weighted by atomic mass is 10.1. The molecule has 2 saturated heterocycles. The van der Waals surface area contributed by atoms with Gasteiger partial charge in [0.05, 0.1) is 11.7 Å². The summed E-state index contributed by atoms with van der Waals surface area (Å²) < 4.78 is 1.96. The third-order valence-corrected chi connectivity index (χ3v) is 6.00. The van der Waals surface area contributed by atoms with E-state index in [0.717, 1.165) is 70.8 Å². The standard InChI is InChI=1S/C21H30N6O/c1-17-20(23-24-27(17)19-7-10-22-11-8-19)21(28)26-15-13-25(14-16-26)12-9-18-5-3-2-4-6-18/h2-6,19,22H,7-16H2,1H3. The molecule has 2 aliphatic rings. The zero-order valence-electron chi connectivity index (χ0n) is 16.7. The van der Waals surface area contributed by atoms with Gasteiger partial charge in [-0.1, -0.05) is 35.5 Å². The van der Waals surface area contributed by atoms with E-state index in [9.17, 15) is 4.79 Å². The van der Waals surface area contributed by atoms with Crippen LogP contribution in [0.25, 0.3) is 0 Å². The number of amides is 1. The number of piperidine rings is 1. The fourth-order valence-electron chi connectivity index (χ4n) is 4.19. The van der Waals surface area contributed by atoms with Crippen LogP contribution in [0.2, 0.25) is 0 Å². The SMILES string of the molecule is Cc1c(C(=O)N2CCN(CCc3ccccc3)CC2)nnn1C1CCNCC1. The first-order chi connectivity index (χ1) is 13.7. The Kier molecular flexibility index (Phi) is 6.02. The number of aromatic nitrogens is 3. The molecule has 1 aromatic carbocycles. The molecule has 2 aromatic rings. The molecule has 28 heavy (non-hydrogen) atoms. The fraction of sp³-hybridized carbons (Fsp3) is 0.571. The summed E-state index contributed by atoms with van der Waals surface area (Å²) in [5.74, 6) is 0.0281. The van der Waals surface area contributed by atoms with Crippen molar-refractivity contribution in [2.24, 2.45) is 0 Å². The van der Waals surface area contributed by atoms with E-state index in [4.69, 9.17) is 0 Å². The van der Waals surface area contributed by atoms with Gasteiger partial charge in [0.15, 0.2) is 5.69 Å². The van der Waals surface area contributed by atoms with Crippen molar-refractivity contribution in [3.05, 3.63) is 47.3 Å². The number of benzene rings is 1. The first-order valence-electron chi connectivity index (χ1n) is 10.4. The summed E-state index contributed by atoms with van der Waals surface area (Å²) in [5.41, 5.74) is 2.80. The molecule has 150 valence electrons. The predicted molar refractivity (Wildman–Crippen MR) is 108 cm³/mol. The van der Waals surface area contributed by atoms with Gasteiger partial charge in [0.2, 0.25) is 0 Å². The Bertz CT molecular complexity index is 775. The quantitative estimate of drug-likeness (QED) is 0.849. The van der Waals surface area contributed by atoms with Crippen molar-refractivity contribution in [3.8, 4) is 0 Å². The predicted octanol–water partition coefficient (Wildman–Crippen LogP) is 1.51. The van der Waals surface area contributed by atoms with Crippen LogP contribution >= 0.6 is 0 Å². The first kappa shape index (κ1) is 19.1. The van der Waals surface area contributed by atoms with Gasteiger partial charge in [0.1, 0.15) is 0 Å². The molecule has 0 atom stereocenters. The van der Waals surface area contributed by atoms with E-state index < -0.39 is 0 Å². The normalized spacial score (nSPS) is 19.1. The molecule has 0 unspecified atom stereocenters. The summed E-state index contributed by atoms with van der Waals surface area (Å²) in [4.78, 5) is 17.4. The summed E-state index contributed by atoms with van der Waals surface area (Å²) in [5, 5.41) is 11.9. The molecule has 1 amide bonds. The van der Waals surface area contributed by atoms with Gasteiger partial charge < -0.3 is 10.2 Å². The van der Waals surface area contributed by atoms with Crippen LogP contribution in [0.5, 0.6) is 0 Å². The lowest BCUT2D eigenvalue weighted by Crippen LogP contribution is -2.49. The van der Waals surface area contributed by atoms with Crippen LogP contribution in [0.4, 0.5) is 0 Å². The Morgan fingerprint density at radius 1 is 1.11 bits per heavy atom. The molecular weight excluding hydrogens is 352 g/mol. The average Bonchev–Trinajstić information content (AvgIpc) is 3.15. The van der Waals surface area contributed by atoms with Crippen molar-refractivity contribution < 1.29 is 4.79 Å². The van der Waals surface area contributed by atoms with Crippen LogP contribution in [-0.2, 0) is 6.42 Å². The van der Waals surface area contributed by atoms with Gasteiger partial charge in [-0.05, 0) is 44.8 Å². The van der Waals surface area contributed by atoms with Gasteiger partial charge in [-0.15, -0.1) is 5.10 Å². The summed E-state index contributed by atoms with van der Waals surface area (Å²) in [6.07, 6.45) is 3.13. The number of piperazine rings is 1. The number of carbonyl (C=O) groups is 1. The molecule has 0 radical (unpaired) electrons. The van der Waals surface area contributed by atoms with Gasteiger partial charge in [0.25, 0.3) is 5.91 Å². The number of rotatable bonds is 5. The maximum atomic E-state index is 13.0. The molecule has 2 fully saturated rings. The lowest BCUT2D eigenvalue weighted by Gasteiger charge is -2.34. The van der Waals surface area contributed by atoms with Gasteiger partial charge in [0, 0.05) is 32.7 Å². The highest BCUT2D eigenvalue weighted by Gasteiger charge is 2.28. The van der Waals surface area contributed by atoms with E-state index in [1.165, 1.54) is 5.56 Å². The van der Waals surface area contributed by atoms with Crippen LogP contribution < -0.4 is 5.32 Å². The first-order valence-corrected chi connectivity index (χ1v) is 10.4. The largest absolute Gasteiger partial charge is 0.335 e. The highest BCUT2D eigenvalue weighted by molar-refractivity contribution is 5.93. The Morgan fingerprint density at radius 2 is 1.82 bits per heavy atom. The molecule has 1 aromatic heterocycles. The topological polar surface area (TPSA) is 66.3 Å². The van der Waals surface area contributed by atoms with Crippen molar-refractivity contribution in [1.29, 1.82) is 0 Å². The van der Waals surface area contributed by atoms with Crippen LogP contribution in [0, 0.1) is 6.92 Å². The monoisotopic (exact) mass is 382 g/mol. The highest BCUT2D eigenvalue weighted by atomic mass is 16.2. The second-order valence-electron chi connectivity index (χ2n) is 7.82. The molecule has 0 saturated carbocycles. The van der Waals surface area contributed by atoms with E-state index in [1.54, 1.807) is 0 Å². The molecule has 0 spiro atoms. The number of nitrogens with one attached hydrogen (secondary N) is 1. The van der Waals surface area contributed by atoms with E-state index >= 15 is 0 Å². The molecule has 3 heterocycles. The fourth-order valence-corrected chi connectivity index (χ4v) is 4.19. The van der Waals surface area contributed by atoms with Gasteiger partial charge >= 0.3 is 0 Å². The summed E-state index contributed by atoms with van der Waals surface area (Å²) >= 11 is 0. The second-order valence-corrected chi connectivity index (χ2v) is 7.82. The number of hydrogen-bond donors (Lipinski definition) is 1. The Morgan fingerprint density at radius 3 is 2.54 bits per heavy atom. The van der Waals surface area contributed by atoms with Crippen molar-refractivity contribution in [2.45, 2.75) is 32.2 Å². The highest BCUT2D eigenvalue weighted by Crippen LogP contribution is 2.21. The van der Waals surface area contributed by atoms with E-state index in [0.29, 0.717) is 11.7 Å². The van der Waals surface area contributed by atoms with Crippen LogP contribution in [0.3, 0.4) is 0 Å². The summed E-state index contributed by atoms with van der Waals surface area (Å²) in [7, 11) is 0. The number of carbonyl (C=O) groups excluding carboxylic acids is 1. The molecule has 1 N–H and O–H groups in total. The van der Waals surface area contributed by atoms with Crippen molar-refractivity contribution in [3.63, 3.8) is 0 Å². The number of hydrogen-bond acceptors (Lipinski definition) is 5. The smallest absolute Gasteiger partial charge is 0.276 e. The van der Waals surface area contributed by atoms with E-state index in [1.807, 2.05) is 16.5 Å². The third-order valence-electron chi connectivity index (χ3n) is 6.00. The molecule has 7 heteroatoms. The maximum Gasteiger partial charge on any atom is 0.276 e. The molecule has 4 rings (SSSR count). The zero-order valence-corrected chi connectivity index (χ0v) is 16.7. The van der Waals surface area contributed by atoms with Crippen molar-refractivity contribution in [2.75, 3.05) is 45.8 Å². The zero-order chi connectivity index (χ0) is 19.3. The minimum Gasteiger partial charge on any atom is -0.335 e. The van der Waals surface area contributed by atoms with Crippen molar-refractivity contribution in [1.82, 2.24) is 30.1 Å². The maximum absolute atomic E-state index is 13.0. The van der Waals surface area contributed by atoms with Crippen LogP contribution in [-0.4, -0.2) is 76.5 Å². The lowest BCUT2D eigenvalue weighted by molar-refractivity contribution is 0.0632. The second kappa shape index (κ2) is 8.84. The van der Waals surface area contributed by atoms with Crippen molar-refractivity contribution >= 4 is 5.91 Å². The Balaban J connectivity index is 1.31. The average molecular weight is 383 g/mol. The summed E-state index contributed by atoms with van der Waals surface area (Å²) in [6, 6.07) is 10.9. The number of nitrogens with zero attached hydrogens (tertiary/aromatic N) is 5. The van der Waals surface area contributed by atoms with Gasteiger partial charge in [-0.25, -0.2) is 4.68 Å². The molecule has 0 bridgehead atoms. The van der Waals surface area contributed by atoms with Crippen LogP contribution in [0.15, 0.2) is 30.3 Å². The Hall–Kier alpha value is -2.25. The van der Waals surface area contributed by atoms with E-state index in [2.05, 4.69) is 50.9 Å². The van der Waals surface area contributed by atoms with E-state index in [-0.39, 0.29) is 5.91 Å². The molecule has 2 aliphatic heterocycles. The molecule has 0 aliphatic carbocycles. The minimum atomic E-state index is 0.0281. The third kappa shape index (κ3) is 4.25. The van der Waals surface area contributed by atoms with Gasteiger partial charge in [-0.3, -0.25) is 9.69 Å².